The van der Waals surface area contributed by atoms with Crippen LogP contribution in [0.5, 0.6) is 0 Å². The van der Waals surface area contributed by atoms with Crippen LogP contribution in [0.2, 0.25) is 0 Å². The summed E-state index contributed by atoms with van der Waals surface area (Å²) >= 11 is 0. The lowest BCUT2D eigenvalue weighted by molar-refractivity contribution is -0.143. The molecule has 1 rings (SSSR count). The summed E-state index contributed by atoms with van der Waals surface area (Å²) in [4.78, 5) is 25.0. The van der Waals surface area contributed by atoms with Crippen LogP contribution in [-0.4, -0.2) is 49.6 Å². The molecule has 92 valence electrons. The lowest BCUT2D eigenvalue weighted by Gasteiger charge is -2.33. The van der Waals surface area contributed by atoms with Gasteiger partial charge in [0.1, 0.15) is 6.04 Å². The van der Waals surface area contributed by atoms with Crippen molar-refractivity contribution >= 4 is 11.8 Å². The maximum atomic E-state index is 11.9. The molecule has 1 saturated heterocycles. The van der Waals surface area contributed by atoms with Crippen LogP contribution in [0.25, 0.3) is 0 Å². The summed E-state index contributed by atoms with van der Waals surface area (Å²) in [5.74, 6) is 0.153. The molecule has 5 nitrogen and oxygen atoms in total. The maximum Gasteiger partial charge on any atom is 0.242 e. The van der Waals surface area contributed by atoms with Crippen LogP contribution in [0.3, 0.4) is 0 Å². The summed E-state index contributed by atoms with van der Waals surface area (Å²) in [7, 11) is 1.62. The fourth-order valence-corrected chi connectivity index (χ4v) is 1.88. The molecule has 2 atom stereocenters. The van der Waals surface area contributed by atoms with E-state index in [1.54, 1.807) is 18.9 Å². The molecule has 0 aromatic carbocycles. The van der Waals surface area contributed by atoms with Crippen molar-refractivity contribution in [2.24, 2.45) is 5.92 Å². The van der Waals surface area contributed by atoms with Gasteiger partial charge in [-0.15, -0.1) is 0 Å². The van der Waals surface area contributed by atoms with Gasteiger partial charge in [-0.2, -0.15) is 0 Å². The van der Waals surface area contributed by atoms with Crippen molar-refractivity contribution < 1.29 is 14.3 Å². The van der Waals surface area contributed by atoms with Crippen LogP contribution in [-0.2, 0) is 14.3 Å². The quantitative estimate of drug-likeness (QED) is 0.737. The molecule has 2 amide bonds. The minimum absolute atomic E-state index is 0.0342. The van der Waals surface area contributed by atoms with Crippen molar-refractivity contribution in [3.63, 3.8) is 0 Å². The van der Waals surface area contributed by atoms with E-state index in [2.05, 4.69) is 5.32 Å². The van der Waals surface area contributed by atoms with E-state index in [1.165, 1.54) is 0 Å². The Kier molecular flexibility index (Phi) is 4.73. The SMILES string of the molecule is COCC(C)CC(=O)N1CCNC(=O)C1C. The molecule has 2 unspecified atom stereocenters. The van der Waals surface area contributed by atoms with Crippen molar-refractivity contribution in [2.75, 3.05) is 26.8 Å². The molecule has 1 fully saturated rings. The van der Waals surface area contributed by atoms with Crippen molar-refractivity contribution in [1.82, 2.24) is 10.2 Å². The highest BCUT2D eigenvalue weighted by molar-refractivity contribution is 5.88. The third kappa shape index (κ3) is 3.20. The van der Waals surface area contributed by atoms with E-state index in [9.17, 15) is 9.59 Å². The zero-order valence-corrected chi connectivity index (χ0v) is 10.2. The van der Waals surface area contributed by atoms with Gasteiger partial charge >= 0.3 is 0 Å². The Bertz CT molecular complexity index is 268. The molecule has 16 heavy (non-hydrogen) atoms. The molecule has 0 saturated carbocycles. The first kappa shape index (κ1) is 13.0. The van der Waals surface area contributed by atoms with E-state index >= 15 is 0 Å². The Labute approximate surface area is 96.1 Å². The van der Waals surface area contributed by atoms with Gasteiger partial charge in [0.15, 0.2) is 0 Å². The van der Waals surface area contributed by atoms with Gasteiger partial charge in [-0.3, -0.25) is 9.59 Å². The Morgan fingerprint density at radius 3 is 3.00 bits per heavy atom. The summed E-state index contributed by atoms with van der Waals surface area (Å²) in [6.45, 7) is 5.45. The minimum atomic E-state index is -0.351. The van der Waals surface area contributed by atoms with Crippen molar-refractivity contribution in [2.45, 2.75) is 26.3 Å². The summed E-state index contributed by atoms with van der Waals surface area (Å²) in [5, 5.41) is 2.74. The normalized spacial score (nSPS) is 22.8. The molecule has 0 bridgehead atoms. The third-order valence-corrected chi connectivity index (χ3v) is 2.79. The standard InChI is InChI=1S/C11H20N2O3/c1-8(7-16-3)6-10(14)13-5-4-12-11(15)9(13)2/h8-9H,4-7H2,1-3H3,(H,12,15). The van der Waals surface area contributed by atoms with Crippen LogP contribution in [0.15, 0.2) is 0 Å². The maximum absolute atomic E-state index is 11.9. The minimum Gasteiger partial charge on any atom is -0.384 e. The monoisotopic (exact) mass is 228 g/mol. The first-order valence-electron chi connectivity index (χ1n) is 5.62. The molecule has 0 aromatic heterocycles. The number of nitrogens with one attached hydrogen (secondary N) is 1. The van der Waals surface area contributed by atoms with Crippen molar-refractivity contribution in [3.05, 3.63) is 0 Å². The van der Waals surface area contributed by atoms with Crippen LogP contribution in [0, 0.1) is 5.92 Å². The number of hydrogen-bond donors (Lipinski definition) is 1. The second-order valence-corrected chi connectivity index (χ2v) is 4.32. The number of piperazine rings is 1. The lowest BCUT2D eigenvalue weighted by atomic mass is 10.1. The third-order valence-electron chi connectivity index (χ3n) is 2.79. The molecule has 0 aromatic rings. The average molecular weight is 228 g/mol. The number of hydrogen-bond acceptors (Lipinski definition) is 3. The van der Waals surface area contributed by atoms with Gasteiger partial charge in [0.25, 0.3) is 0 Å². The summed E-state index contributed by atoms with van der Waals surface area (Å²) in [6, 6.07) is -0.351. The van der Waals surface area contributed by atoms with E-state index in [4.69, 9.17) is 4.74 Å². The zero-order valence-electron chi connectivity index (χ0n) is 10.2. The molecular weight excluding hydrogens is 208 g/mol. The topological polar surface area (TPSA) is 58.6 Å². The number of rotatable bonds is 4. The predicted octanol–water partition coefficient (Wildman–Crippen LogP) is 0.00590. The van der Waals surface area contributed by atoms with Gasteiger partial charge in [0.2, 0.25) is 11.8 Å². The molecule has 1 aliphatic rings. The van der Waals surface area contributed by atoms with E-state index in [-0.39, 0.29) is 23.8 Å². The van der Waals surface area contributed by atoms with Crippen LogP contribution >= 0.6 is 0 Å². The highest BCUT2D eigenvalue weighted by Gasteiger charge is 2.29. The Morgan fingerprint density at radius 1 is 1.69 bits per heavy atom. The first-order chi connectivity index (χ1) is 7.56. The molecule has 1 heterocycles. The molecule has 0 radical (unpaired) electrons. The second kappa shape index (κ2) is 5.84. The fraction of sp³-hybridized carbons (Fsp3) is 0.818. The van der Waals surface area contributed by atoms with E-state index in [1.807, 2.05) is 6.92 Å². The Hall–Kier alpha value is -1.10. The van der Waals surface area contributed by atoms with Crippen LogP contribution in [0.4, 0.5) is 0 Å². The van der Waals surface area contributed by atoms with E-state index in [0.717, 1.165) is 0 Å². The second-order valence-electron chi connectivity index (χ2n) is 4.32. The van der Waals surface area contributed by atoms with Crippen molar-refractivity contribution in [3.8, 4) is 0 Å². The molecule has 0 aliphatic carbocycles. The van der Waals surface area contributed by atoms with Crippen LogP contribution in [0.1, 0.15) is 20.3 Å². The number of carbonyl (C=O) groups excluding carboxylic acids is 2. The molecule has 0 spiro atoms. The van der Waals surface area contributed by atoms with E-state index < -0.39 is 0 Å². The predicted molar refractivity (Wildman–Crippen MR) is 59.8 cm³/mol. The fourth-order valence-electron chi connectivity index (χ4n) is 1.88. The summed E-state index contributed by atoms with van der Waals surface area (Å²) in [6.07, 6.45) is 0.436. The van der Waals surface area contributed by atoms with Gasteiger partial charge < -0.3 is 15.0 Å². The number of ether oxygens (including phenoxy) is 1. The zero-order chi connectivity index (χ0) is 12.1. The van der Waals surface area contributed by atoms with E-state index in [0.29, 0.717) is 26.1 Å². The summed E-state index contributed by atoms with van der Waals surface area (Å²) < 4.78 is 4.99. The number of carbonyl (C=O) groups is 2. The first-order valence-corrected chi connectivity index (χ1v) is 5.62. The number of nitrogens with zero attached hydrogens (tertiary/aromatic N) is 1. The highest BCUT2D eigenvalue weighted by atomic mass is 16.5. The van der Waals surface area contributed by atoms with Crippen molar-refractivity contribution in [1.29, 1.82) is 0 Å². The smallest absolute Gasteiger partial charge is 0.242 e. The highest BCUT2D eigenvalue weighted by Crippen LogP contribution is 2.10. The number of amides is 2. The summed E-state index contributed by atoms with van der Waals surface area (Å²) in [5.41, 5.74) is 0. The molecule has 1 aliphatic heterocycles. The van der Waals surface area contributed by atoms with Gasteiger partial charge in [-0.1, -0.05) is 6.92 Å². The number of methoxy groups -OCH3 is 1. The van der Waals surface area contributed by atoms with Gasteiger partial charge in [0.05, 0.1) is 0 Å². The van der Waals surface area contributed by atoms with Gasteiger partial charge in [-0.05, 0) is 12.8 Å². The molecule has 1 N–H and O–H groups in total. The molecular formula is C11H20N2O3. The van der Waals surface area contributed by atoms with Gasteiger partial charge in [0, 0.05) is 33.2 Å². The largest absolute Gasteiger partial charge is 0.384 e. The average Bonchev–Trinajstić information content (AvgIpc) is 2.22. The Morgan fingerprint density at radius 2 is 2.38 bits per heavy atom. The van der Waals surface area contributed by atoms with Gasteiger partial charge in [-0.25, -0.2) is 0 Å². The molecule has 5 heteroatoms. The van der Waals surface area contributed by atoms with Crippen LogP contribution < -0.4 is 5.32 Å². The lowest BCUT2D eigenvalue weighted by Crippen LogP contribution is -2.56. The Balaban J connectivity index is 2.49.